The first-order valence-corrected chi connectivity index (χ1v) is 7.11. The van der Waals surface area contributed by atoms with Crippen molar-refractivity contribution in [1.82, 2.24) is 4.90 Å². The normalized spacial score (nSPS) is 13.7. The second kappa shape index (κ2) is 6.08. The summed E-state index contributed by atoms with van der Waals surface area (Å²) in [5.74, 6) is -1.27. The van der Waals surface area contributed by atoms with Crippen LogP contribution in [0.3, 0.4) is 0 Å². The molecular formula is C16H19NO4. The van der Waals surface area contributed by atoms with Crippen LogP contribution in [0, 0.1) is 13.8 Å². The highest BCUT2D eigenvalue weighted by atomic mass is 16.4. The molecule has 0 unspecified atom stereocenters. The topological polar surface area (TPSA) is 74.7 Å². The molecule has 1 N–H and O–H groups in total. The van der Waals surface area contributed by atoms with Crippen LogP contribution in [0.5, 0.6) is 0 Å². The number of carbonyl (C=O) groups excluding carboxylic acids is 2. The third-order valence-electron chi connectivity index (χ3n) is 3.81. The van der Waals surface area contributed by atoms with Crippen LogP contribution in [0.15, 0.2) is 12.1 Å². The zero-order valence-corrected chi connectivity index (χ0v) is 12.3. The largest absolute Gasteiger partial charge is 0.481 e. The molecule has 0 saturated heterocycles. The van der Waals surface area contributed by atoms with Gasteiger partial charge >= 0.3 is 5.97 Å². The Balaban J connectivity index is 2.03. The van der Waals surface area contributed by atoms with Gasteiger partial charge in [-0.05, 0) is 37.8 Å². The van der Waals surface area contributed by atoms with Crippen molar-refractivity contribution in [3.63, 3.8) is 0 Å². The van der Waals surface area contributed by atoms with Crippen molar-refractivity contribution in [1.29, 1.82) is 0 Å². The van der Waals surface area contributed by atoms with Gasteiger partial charge in [0.2, 0.25) is 0 Å². The number of carboxylic acid groups (broad SMARTS) is 1. The fraction of sp³-hybridized carbons (Fsp3) is 0.438. The number of nitrogens with zero attached hydrogens (tertiary/aromatic N) is 1. The number of hydrogen-bond donors (Lipinski definition) is 1. The summed E-state index contributed by atoms with van der Waals surface area (Å²) >= 11 is 0. The molecule has 1 aliphatic heterocycles. The number of fused-ring (bicyclic) bond motifs is 1. The number of carbonyl (C=O) groups is 3. The van der Waals surface area contributed by atoms with E-state index in [4.69, 9.17) is 5.11 Å². The van der Waals surface area contributed by atoms with Crippen molar-refractivity contribution in [2.45, 2.75) is 39.5 Å². The molecule has 2 rings (SSSR count). The molecule has 0 bridgehead atoms. The fourth-order valence-electron chi connectivity index (χ4n) is 2.65. The number of imide groups is 1. The maximum absolute atomic E-state index is 12.4. The summed E-state index contributed by atoms with van der Waals surface area (Å²) in [6.45, 7) is 4.02. The average molecular weight is 289 g/mol. The molecule has 0 radical (unpaired) electrons. The minimum atomic E-state index is -0.818. The van der Waals surface area contributed by atoms with E-state index in [1.165, 1.54) is 4.90 Å². The van der Waals surface area contributed by atoms with Crippen molar-refractivity contribution >= 4 is 17.8 Å². The molecule has 2 amide bonds. The number of unbranched alkanes of at least 4 members (excludes halogenated alkanes) is 2. The van der Waals surface area contributed by atoms with Crippen molar-refractivity contribution in [3.8, 4) is 0 Å². The third-order valence-corrected chi connectivity index (χ3v) is 3.81. The standard InChI is InChI=1S/C16H19NO4/c1-10-7-8-11(2)14-13(10)15(20)17(16(14)21)9-5-3-4-6-12(18)19/h7-8H,3-6,9H2,1-2H3,(H,18,19). The first-order chi connectivity index (χ1) is 9.93. The highest BCUT2D eigenvalue weighted by Gasteiger charge is 2.37. The average Bonchev–Trinajstić information content (AvgIpc) is 2.67. The molecule has 0 aliphatic carbocycles. The van der Waals surface area contributed by atoms with Crippen molar-refractivity contribution in [3.05, 3.63) is 34.4 Å². The Morgan fingerprint density at radius 3 is 2.00 bits per heavy atom. The molecule has 1 aliphatic rings. The summed E-state index contributed by atoms with van der Waals surface area (Å²) in [4.78, 5) is 36.4. The van der Waals surface area contributed by atoms with Crippen molar-refractivity contribution in [2.24, 2.45) is 0 Å². The zero-order chi connectivity index (χ0) is 15.6. The first kappa shape index (κ1) is 15.2. The summed E-state index contributed by atoms with van der Waals surface area (Å²) < 4.78 is 0. The summed E-state index contributed by atoms with van der Waals surface area (Å²) in [6.07, 6.45) is 2.02. The molecule has 0 aromatic heterocycles. The smallest absolute Gasteiger partial charge is 0.303 e. The molecule has 112 valence electrons. The number of aryl methyl sites for hydroxylation is 2. The minimum Gasteiger partial charge on any atom is -0.481 e. The molecule has 1 aromatic rings. The van der Waals surface area contributed by atoms with E-state index in [0.29, 0.717) is 36.9 Å². The maximum atomic E-state index is 12.4. The number of carboxylic acids is 1. The Bertz CT molecular complexity index is 566. The van der Waals surface area contributed by atoms with Gasteiger partial charge in [-0.1, -0.05) is 18.6 Å². The predicted octanol–water partition coefficient (Wildman–Crippen LogP) is 2.54. The molecule has 0 atom stereocenters. The molecule has 5 heteroatoms. The van der Waals surface area contributed by atoms with Crippen LogP contribution in [0.1, 0.15) is 57.5 Å². The van der Waals surface area contributed by atoms with Gasteiger partial charge in [0, 0.05) is 13.0 Å². The van der Waals surface area contributed by atoms with E-state index in [1.54, 1.807) is 0 Å². The van der Waals surface area contributed by atoms with Gasteiger partial charge in [0.05, 0.1) is 11.1 Å². The Morgan fingerprint density at radius 1 is 1.00 bits per heavy atom. The van der Waals surface area contributed by atoms with Crippen LogP contribution >= 0.6 is 0 Å². The van der Waals surface area contributed by atoms with E-state index in [9.17, 15) is 14.4 Å². The molecule has 1 heterocycles. The van der Waals surface area contributed by atoms with E-state index in [2.05, 4.69) is 0 Å². The Kier molecular flexibility index (Phi) is 4.40. The molecule has 21 heavy (non-hydrogen) atoms. The molecule has 0 spiro atoms. The first-order valence-electron chi connectivity index (χ1n) is 7.11. The van der Waals surface area contributed by atoms with Gasteiger partial charge in [0.1, 0.15) is 0 Å². The van der Waals surface area contributed by atoms with E-state index in [0.717, 1.165) is 11.1 Å². The van der Waals surface area contributed by atoms with Gasteiger partial charge in [-0.2, -0.15) is 0 Å². The fourth-order valence-corrected chi connectivity index (χ4v) is 2.65. The van der Waals surface area contributed by atoms with Gasteiger partial charge < -0.3 is 5.11 Å². The lowest BCUT2D eigenvalue weighted by atomic mass is 9.99. The summed E-state index contributed by atoms with van der Waals surface area (Å²) in [7, 11) is 0. The van der Waals surface area contributed by atoms with Gasteiger partial charge in [-0.15, -0.1) is 0 Å². The quantitative estimate of drug-likeness (QED) is 0.645. The van der Waals surface area contributed by atoms with Crippen LogP contribution in [0.2, 0.25) is 0 Å². The number of rotatable bonds is 6. The number of benzene rings is 1. The Labute approximate surface area is 123 Å². The SMILES string of the molecule is Cc1ccc(C)c2c1C(=O)N(CCCCCC(=O)O)C2=O. The van der Waals surface area contributed by atoms with E-state index >= 15 is 0 Å². The molecule has 0 fully saturated rings. The van der Waals surface area contributed by atoms with Gasteiger partial charge in [0.15, 0.2) is 0 Å². The predicted molar refractivity (Wildman–Crippen MR) is 77.4 cm³/mol. The van der Waals surface area contributed by atoms with E-state index < -0.39 is 5.97 Å². The van der Waals surface area contributed by atoms with Crippen LogP contribution in [0.25, 0.3) is 0 Å². The number of amides is 2. The Hall–Kier alpha value is -2.17. The molecule has 5 nitrogen and oxygen atoms in total. The monoisotopic (exact) mass is 289 g/mol. The van der Waals surface area contributed by atoms with Crippen LogP contribution in [0.4, 0.5) is 0 Å². The minimum absolute atomic E-state index is 0.125. The Morgan fingerprint density at radius 2 is 1.52 bits per heavy atom. The lowest BCUT2D eigenvalue weighted by Crippen LogP contribution is -2.30. The summed E-state index contributed by atoms with van der Waals surface area (Å²) in [5, 5.41) is 8.57. The van der Waals surface area contributed by atoms with Crippen LogP contribution in [-0.4, -0.2) is 34.3 Å². The van der Waals surface area contributed by atoms with E-state index in [-0.39, 0.29) is 18.2 Å². The summed E-state index contributed by atoms with van der Waals surface area (Å²) in [6, 6.07) is 3.71. The number of hydrogen-bond acceptors (Lipinski definition) is 3. The van der Waals surface area contributed by atoms with Gasteiger partial charge in [-0.25, -0.2) is 0 Å². The second-order valence-electron chi connectivity index (χ2n) is 5.42. The van der Waals surface area contributed by atoms with E-state index in [1.807, 2.05) is 26.0 Å². The highest BCUT2D eigenvalue weighted by Crippen LogP contribution is 2.28. The van der Waals surface area contributed by atoms with Crippen LogP contribution < -0.4 is 0 Å². The summed E-state index contributed by atoms with van der Waals surface area (Å²) in [5.41, 5.74) is 2.68. The van der Waals surface area contributed by atoms with Crippen molar-refractivity contribution < 1.29 is 19.5 Å². The number of aliphatic carboxylic acids is 1. The van der Waals surface area contributed by atoms with Gasteiger partial charge in [-0.3, -0.25) is 19.3 Å². The molecule has 0 saturated carbocycles. The third kappa shape index (κ3) is 2.96. The lowest BCUT2D eigenvalue weighted by Gasteiger charge is -2.13. The van der Waals surface area contributed by atoms with Gasteiger partial charge in [0.25, 0.3) is 11.8 Å². The lowest BCUT2D eigenvalue weighted by molar-refractivity contribution is -0.137. The maximum Gasteiger partial charge on any atom is 0.303 e. The van der Waals surface area contributed by atoms with Crippen molar-refractivity contribution in [2.75, 3.05) is 6.54 Å². The highest BCUT2D eigenvalue weighted by molar-refractivity contribution is 6.22. The zero-order valence-electron chi connectivity index (χ0n) is 12.3. The molecular weight excluding hydrogens is 270 g/mol. The molecule has 1 aromatic carbocycles. The second-order valence-corrected chi connectivity index (χ2v) is 5.42. The van der Waals surface area contributed by atoms with Crippen LogP contribution in [-0.2, 0) is 4.79 Å².